The first-order chi connectivity index (χ1) is 14.2. The second-order valence-corrected chi connectivity index (χ2v) is 6.85. The number of aromatic nitrogens is 3. The fraction of sp³-hybridized carbons (Fsp3) is 0.167. The summed E-state index contributed by atoms with van der Waals surface area (Å²) in [6.07, 6.45) is 0.170. The third-order valence-corrected chi connectivity index (χ3v) is 4.89. The molecular weight excluding hydrogens is 468 g/mol. The Hall–Kier alpha value is -3.41. The summed E-state index contributed by atoms with van der Waals surface area (Å²) < 4.78 is 32.7. The van der Waals surface area contributed by atoms with Gasteiger partial charge in [0.25, 0.3) is 12.1 Å². The number of ether oxygens (including phenoxy) is 1. The van der Waals surface area contributed by atoms with Gasteiger partial charge in [-0.25, -0.2) is 8.78 Å². The number of benzene rings is 1. The minimum atomic E-state index is -2.80. The Morgan fingerprint density at radius 3 is 2.73 bits per heavy atom. The van der Waals surface area contributed by atoms with Crippen molar-refractivity contribution in [1.29, 1.82) is 0 Å². The van der Waals surface area contributed by atoms with Crippen molar-refractivity contribution in [3.63, 3.8) is 0 Å². The lowest BCUT2D eigenvalue weighted by Gasteiger charge is -2.10. The van der Waals surface area contributed by atoms with Crippen LogP contribution in [0.15, 0.2) is 47.2 Å². The number of nitrogens with zero attached hydrogens (tertiary/aromatic N) is 4. The van der Waals surface area contributed by atoms with Crippen molar-refractivity contribution < 1.29 is 23.2 Å². The van der Waals surface area contributed by atoms with Crippen molar-refractivity contribution in [2.24, 2.45) is 0 Å². The molecule has 0 atom stereocenters. The molecule has 9 nitrogen and oxygen atoms in total. The van der Waals surface area contributed by atoms with Gasteiger partial charge < -0.3 is 10.1 Å². The first kappa shape index (κ1) is 21.3. The molecule has 12 heteroatoms. The van der Waals surface area contributed by atoms with Gasteiger partial charge in [-0.05, 0) is 35.0 Å². The molecule has 1 N–H and O–H groups in total. The van der Waals surface area contributed by atoms with Crippen LogP contribution in [0.4, 0.5) is 20.2 Å². The molecule has 3 rings (SSSR count). The summed E-state index contributed by atoms with van der Waals surface area (Å²) in [5.41, 5.74) is -0.321. The zero-order valence-electron chi connectivity index (χ0n) is 15.4. The Balaban J connectivity index is 1.81. The van der Waals surface area contributed by atoms with Crippen LogP contribution in [0.2, 0.25) is 0 Å². The molecule has 0 fully saturated rings. The molecule has 0 radical (unpaired) electrons. The summed E-state index contributed by atoms with van der Waals surface area (Å²) in [7, 11) is 0. The van der Waals surface area contributed by atoms with E-state index in [0.29, 0.717) is 11.4 Å². The molecule has 0 saturated carbocycles. The molecule has 0 bridgehead atoms. The standard InChI is InChI=1S/C18H14BrF2N5O4/c1-10-16(19)17(18(20)21)24-25(10)9-15(27)23-11-5-12(26(28)29)7-14(6-11)30-13-3-2-4-22-8-13/h2-8,18H,9H2,1H3,(H,23,27). The van der Waals surface area contributed by atoms with Gasteiger partial charge in [0.1, 0.15) is 23.7 Å². The molecule has 30 heavy (non-hydrogen) atoms. The highest BCUT2D eigenvalue weighted by molar-refractivity contribution is 9.10. The maximum atomic E-state index is 13.0. The first-order valence-corrected chi connectivity index (χ1v) is 9.22. The normalized spacial score (nSPS) is 10.8. The van der Waals surface area contributed by atoms with Gasteiger partial charge in [0, 0.05) is 18.3 Å². The molecule has 0 aliphatic rings. The zero-order chi connectivity index (χ0) is 21.8. The van der Waals surface area contributed by atoms with E-state index in [4.69, 9.17) is 4.74 Å². The van der Waals surface area contributed by atoms with Crippen molar-refractivity contribution >= 4 is 33.2 Å². The fourth-order valence-electron chi connectivity index (χ4n) is 2.54. The number of anilines is 1. The Bertz CT molecular complexity index is 1090. The van der Waals surface area contributed by atoms with Gasteiger partial charge >= 0.3 is 0 Å². The number of nitro groups is 1. The van der Waals surface area contributed by atoms with Crippen molar-refractivity contribution in [1.82, 2.24) is 14.8 Å². The van der Waals surface area contributed by atoms with E-state index in [9.17, 15) is 23.7 Å². The number of carbonyl (C=O) groups excluding carboxylic acids is 1. The quantitative estimate of drug-likeness (QED) is 0.389. The number of pyridine rings is 1. The number of hydrogen-bond donors (Lipinski definition) is 1. The van der Waals surface area contributed by atoms with Gasteiger partial charge in [-0.3, -0.25) is 24.6 Å². The maximum absolute atomic E-state index is 13.0. The van der Waals surface area contributed by atoms with Gasteiger partial charge in [-0.15, -0.1) is 0 Å². The molecule has 3 aromatic rings. The topological polar surface area (TPSA) is 112 Å². The lowest BCUT2D eigenvalue weighted by atomic mass is 10.2. The van der Waals surface area contributed by atoms with E-state index in [2.05, 4.69) is 31.3 Å². The number of nitrogens with one attached hydrogen (secondary N) is 1. The average Bonchev–Trinajstić information content (AvgIpc) is 2.97. The van der Waals surface area contributed by atoms with Crippen molar-refractivity contribution in [2.45, 2.75) is 19.9 Å². The van der Waals surface area contributed by atoms with Crippen LogP contribution in [-0.4, -0.2) is 25.6 Å². The SMILES string of the molecule is Cc1c(Br)c(C(F)F)nn1CC(=O)Nc1cc(Oc2cccnc2)cc([N+](=O)[O-])c1. The highest BCUT2D eigenvalue weighted by Gasteiger charge is 2.21. The number of alkyl halides is 2. The van der Waals surface area contributed by atoms with Crippen LogP contribution >= 0.6 is 15.9 Å². The summed E-state index contributed by atoms with van der Waals surface area (Å²) >= 11 is 3.03. The van der Waals surface area contributed by atoms with Crippen molar-refractivity contribution in [3.05, 3.63) is 68.7 Å². The smallest absolute Gasteiger partial charge is 0.283 e. The van der Waals surface area contributed by atoms with E-state index in [0.717, 1.165) is 10.7 Å². The second kappa shape index (κ2) is 8.95. The molecule has 0 saturated heterocycles. The van der Waals surface area contributed by atoms with Crippen LogP contribution in [0.5, 0.6) is 11.5 Å². The summed E-state index contributed by atoms with van der Waals surface area (Å²) in [6.45, 7) is 1.17. The Kier molecular flexibility index (Phi) is 6.35. The van der Waals surface area contributed by atoms with E-state index in [-0.39, 0.29) is 28.1 Å². The zero-order valence-corrected chi connectivity index (χ0v) is 17.0. The number of non-ortho nitro benzene ring substituents is 1. The van der Waals surface area contributed by atoms with Crippen LogP contribution < -0.4 is 10.1 Å². The summed E-state index contributed by atoms with van der Waals surface area (Å²) in [5.74, 6) is -0.140. The van der Waals surface area contributed by atoms with Gasteiger partial charge in [0.05, 0.1) is 33.0 Å². The average molecular weight is 482 g/mol. The fourth-order valence-corrected chi connectivity index (χ4v) is 3.00. The number of nitro benzene ring substituents is 1. The highest BCUT2D eigenvalue weighted by Crippen LogP contribution is 2.30. The number of carbonyl (C=O) groups is 1. The van der Waals surface area contributed by atoms with Crippen molar-refractivity contribution in [3.8, 4) is 11.5 Å². The van der Waals surface area contributed by atoms with Crippen LogP contribution in [0.1, 0.15) is 17.8 Å². The third-order valence-electron chi connectivity index (χ3n) is 3.91. The van der Waals surface area contributed by atoms with E-state index < -0.39 is 22.9 Å². The minimum absolute atomic E-state index is 0.103. The molecule has 0 spiro atoms. The van der Waals surface area contributed by atoms with E-state index in [1.165, 1.54) is 25.3 Å². The molecule has 0 aliphatic carbocycles. The van der Waals surface area contributed by atoms with Gasteiger partial charge in [0.2, 0.25) is 5.91 Å². The summed E-state index contributed by atoms with van der Waals surface area (Å²) in [6, 6.07) is 7.00. The summed E-state index contributed by atoms with van der Waals surface area (Å²) in [5, 5.41) is 17.4. The van der Waals surface area contributed by atoms with E-state index in [1.54, 1.807) is 18.3 Å². The largest absolute Gasteiger partial charge is 0.455 e. The van der Waals surface area contributed by atoms with Crippen LogP contribution in [-0.2, 0) is 11.3 Å². The summed E-state index contributed by atoms with van der Waals surface area (Å²) in [4.78, 5) is 26.9. The van der Waals surface area contributed by atoms with Crippen molar-refractivity contribution in [2.75, 3.05) is 5.32 Å². The lowest BCUT2D eigenvalue weighted by molar-refractivity contribution is -0.384. The molecule has 0 aliphatic heterocycles. The predicted octanol–water partition coefficient (Wildman–Crippen LogP) is 4.63. The molecule has 1 aromatic carbocycles. The first-order valence-electron chi connectivity index (χ1n) is 8.42. The lowest BCUT2D eigenvalue weighted by Crippen LogP contribution is -2.20. The number of halogens is 3. The third kappa shape index (κ3) is 4.95. The number of rotatable bonds is 7. The molecule has 2 heterocycles. The van der Waals surface area contributed by atoms with Crippen LogP contribution in [0.3, 0.4) is 0 Å². The second-order valence-electron chi connectivity index (χ2n) is 6.05. The van der Waals surface area contributed by atoms with E-state index in [1.807, 2.05) is 0 Å². The van der Waals surface area contributed by atoms with Gasteiger partial charge in [-0.1, -0.05) is 0 Å². The molecule has 1 amide bonds. The van der Waals surface area contributed by atoms with Crippen LogP contribution in [0.25, 0.3) is 0 Å². The monoisotopic (exact) mass is 481 g/mol. The minimum Gasteiger partial charge on any atom is -0.455 e. The number of amides is 1. The Labute approximate surface area is 177 Å². The van der Waals surface area contributed by atoms with Gasteiger partial charge in [-0.2, -0.15) is 5.10 Å². The number of hydrogen-bond acceptors (Lipinski definition) is 6. The Morgan fingerprint density at radius 1 is 1.37 bits per heavy atom. The van der Waals surface area contributed by atoms with Crippen LogP contribution in [0, 0.1) is 17.0 Å². The molecule has 2 aromatic heterocycles. The Morgan fingerprint density at radius 2 is 2.13 bits per heavy atom. The highest BCUT2D eigenvalue weighted by atomic mass is 79.9. The molecule has 156 valence electrons. The van der Waals surface area contributed by atoms with Gasteiger partial charge in [0.15, 0.2) is 0 Å². The maximum Gasteiger partial charge on any atom is 0.283 e. The molecule has 0 unspecified atom stereocenters. The molecular formula is C18H14BrF2N5O4. The van der Waals surface area contributed by atoms with E-state index >= 15 is 0 Å². The predicted molar refractivity (Wildman–Crippen MR) is 106 cm³/mol.